The molecule has 0 aliphatic carbocycles. The Kier molecular flexibility index (Phi) is 3.73. The number of carbonyl (C=O) groups is 1. The molecular weight excluding hydrogens is 194 g/mol. The number of nitrogens with zero attached hydrogens (tertiary/aromatic N) is 1. The summed E-state index contributed by atoms with van der Waals surface area (Å²) in [5.74, 6) is -0.585. The lowest BCUT2D eigenvalue weighted by atomic mass is 9.79. The number of piperidine rings is 1. The number of likely N-dealkylation sites (tertiary alicyclic amines) is 1. The molecule has 0 spiro atoms. The van der Waals surface area contributed by atoms with Gasteiger partial charge >= 0.3 is 5.97 Å². The summed E-state index contributed by atoms with van der Waals surface area (Å²) in [4.78, 5) is 13.8. The number of methoxy groups -OCH3 is 1. The molecule has 15 heavy (non-hydrogen) atoms. The second kappa shape index (κ2) is 4.49. The maximum absolute atomic E-state index is 11.5. The first-order valence-corrected chi connectivity index (χ1v) is 5.50. The SMILES string of the molecule is CCN1CC(C)C(O)(C(=O)OC)CC1C. The monoisotopic (exact) mass is 215 g/mol. The Hall–Kier alpha value is -0.610. The number of esters is 1. The van der Waals surface area contributed by atoms with Gasteiger partial charge in [-0.3, -0.25) is 0 Å². The van der Waals surface area contributed by atoms with Crippen LogP contribution in [0.3, 0.4) is 0 Å². The highest BCUT2D eigenvalue weighted by Crippen LogP contribution is 2.32. The number of hydrogen-bond acceptors (Lipinski definition) is 4. The van der Waals surface area contributed by atoms with Crippen LogP contribution in [0.1, 0.15) is 27.2 Å². The van der Waals surface area contributed by atoms with Gasteiger partial charge < -0.3 is 14.7 Å². The lowest BCUT2D eigenvalue weighted by Crippen LogP contribution is -2.58. The number of hydrogen-bond donors (Lipinski definition) is 1. The Balaban J connectivity index is 2.81. The van der Waals surface area contributed by atoms with E-state index in [0.717, 1.165) is 13.1 Å². The molecule has 0 radical (unpaired) electrons. The first-order valence-electron chi connectivity index (χ1n) is 5.50. The van der Waals surface area contributed by atoms with Gasteiger partial charge in [0.25, 0.3) is 0 Å². The van der Waals surface area contributed by atoms with Crippen LogP contribution in [0.5, 0.6) is 0 Å². The van der Waals surface area contributed by atoms with Gasteiger partial charge in [-0.2, -0.15) is 0 Å². The van der Waals surface area contributed by atoms with Gasteiger partial charge in [0.05, 0.1) is 7.11 Å². The van der Waals surface area contributed by atoms with Crippen molar-refractivity contribution in [2.75, 3.05) is 20.2 Å². The van der Waals surface area contributed by atoms with E-state index in [2.05, 4.69) is 16.6 Å². The molecule has 1 aliphatic rings. The van der Waals surface area contributed by atoms with Crippen LogP contribution in [-0.4, -0.2) is 47.8 Å². The van der Waals surface area contributed by atoms with E-state index in [4.69, 9.17) is 0 Å². The number of ether oxygens (including phenoxy) is 1. The van der Waals surface area contributed by atoms with E-state index < -0.39 is 11.6 Å². The third-order valence-corrected chi connectivity index (χ3v) is 3.50. The normalized spacial score (nSPS) is 37.7. The minimum atomic E-state index is -1.31. The smallest absolute Gasteiger partial charge is 0.338 e. The summed E-state index contributed by atoms with van der Waals surface area (Å²) in [7, 11) is 1.32. The molecule has 0 aromatic carbocycles. The zero-order valence-corrected chi connectivity index (χ0v) is 9.99. The second-order valence-corrected chi connectivity index (χ2v) is 4.46. The summed E-state index contributed by atoms with van der Waals surface area (Å²) < 4.78 is 4.67. The van der Waals surface area contributed by atoms with E-state index in [0.29, 0.717) is 6.42 Å². The zero-order chi connectivity index (χ0) is 11.6. The average Bonchev–Trinajstić information content (AvgIpc) is 2.22. The molecule has 3 atom stereocenters. The van der Waals surface area contributed by atoms with Gasteiger partial charge in [-0.05, 0) is 13.5 Å². The molecule has 4 heteroatoms. The topological polar surface area (TPSA) is 49.8 Å². The van der Waals surface area contributed by atoms with Crippen molar-refractivity contribution in [1.29, 1.82) is 0 Å². The molecule has 1 heterocycles. The van der Waals surface area contributed by atoms with Crippen molar-refractivity contribution in [2.45, 2.75) is 38.8 Å². The molecule has 1 saturated heterocycles. The lowest BCUT2D eigenvalue weighted by Gasteiger charge is -2.44. The molecule has 0 bridgehead atoms. The van der Waals surface area contributed by atoms with Crippen LogP contribution in [0.15, 0.2) is 0 Å². The minimum absolute atomic E-state index is 0.0823. The van der Waals surface area contributed by atoms with Crippen LogP contribution in [0.2, 0.25) is 0 Å². The van der Waals surface area contributed by atoms with Crippen LogP contribution in [0.4, 0.5) is 0 Å². The van der Waals surface area contributed by atoms with Gasteiger partial charge in [0.2, 0.25) is 0 Å². The van der Waals surface area contributed by atoms with Crippen LogP contribution >= 0.6 is 0 Å². The summed E-state index contributed by atoms with van der Waals surface area (Å²) in [6.45, 7) is 7.70. The van der Waals surface area contributed by atoms with Crippen LogP contribution in [0.25, 0.3) is 0 Å². The van der Waals surface area contributed by atoms with Crippen molar-refractivity contribution in [3.63, 3.8) is 0 Å². The molecule has 88 valence electrons. The van der Waals surface area contributed by atoms with Crippen molar-refractivity contribution >= 4 is 5.97 Å². The Bertz CT molecular complexity index is 244. The van der Waals surface area contributed by atoms with Crippen molar-refractivity contribution in [2.24, 2.45) is 5.92 Å². The van der Waals surface area contributed by atoms with E-state index in [1.165, 1.54) is 7.11 Å². The number of rotatable bonds is 2. The van der Waals surface area contributed by atoms with Gasteiger partial charge in [-0.25, -0.2) is 4.79 Å². The molecule has 1 rings (SSSR count). The fraction of sp³-hybridized carbons (Fsp3) is 0.909. The van der Waals surface area contributed by atoms with Gasteiger partial charge in [0.1, 0.15) is 0 Å². The predicted octanol–water partition coefficient (Wildman–Crippen LogP) is 0.641. The Morgan fingerprint density at radius 2 is 2.20 bits per heavy atom. The summed E-state index contributed by atoms with van der Waals surface area (Å²) in [6, 6.07) is 0.218. The standard InChI is InChI=1S/C11H21NO3/c1-5-12-7-8(2)11(14,6-9(12)3)10(13)15-4/h8-9,14H,5-7H2,1-4H3. The van der Waals surface area contributed by atoms with Crippen LogP contribution in [-0.2, 0) is 9.53 Å². The van der Waals surface area contributed by atoms with Crippen molar-refractivity contribution in [3.05, 3.63) is 0 Å². The van der Waals surface area contributed by atoms with Crippen molar-refractivity contribution in [3.8, 4) is 0 Å². The van der Waals surface area contributed by atoms with Gasteiger partial charge in [-0.15, -0.1) is 0 Å². The highest BCUT2D eigenvalue weighted by molar-refractivity contribution is 5.79. The van der Waals surface area contributed by atoms with Gasteiger partial charge in [0.15, 0.2) is 5.60 Å². The van der Waals surface area contributed by atoms with E-state index in [-0.39, 0.29) is 12.0 Å². The molecule has 1 N–H and O–H groups in total. The third kappa shape index (κ3) is 2.16. The third-order valence-electron chi connectivity index (χ3n) is 3.50. The predicted molar refractivity (Wildman–Crippen MR) is 57.5 cm³/mol. The fourth-order valence-electron chi connectivity index (χ4n) is 2.37. The van der Waals surface area contributed by atoms with Gasteiger partial charge in [0, 0.05) is 24.9 Å². The molecule has 0 aromatic rings. The van der Waals surface area contributed by atoms with E-state index >= 15 is 0 Å². The summed E-state index contributed by atoms with van der Waals surface area (Å²) in [5, 5.41) is 10.3. The maximum atomic E-state index is 11.5. The van der Waals surface area contributed by atoms with Crippen LogP contribution in [0, 0.1) is 5.92 Å². The van der Waals surface area contributed by atoms with E-state index in [9.17, 15) is 9.90 Å². The number of aliphatic hydroxyl groups is 1. The lowest BCUT2D eigenvalue weighted by molar-refractivity contribution is -0.177. The first kappa shape index (κ1) is 12.5. The fourth-order valence-corrected chi connectivity index (χ4v) is 2.37. The summed E-state index contributed by atoms with van der Waals surface area (Å²) >= 11 is 0. The highest BCUT2D eigenvalue weighted by Gasteiger charge is 2.48. The van der Waals surface area contributed by atoms with E-state index in [1.807, 2.05) is 13.8 Å². The molecule has 1 aliphatic heterocycles. The Labute approximate surface area is 91.2 Å². The average molecular weight is 215 g/mol. The van der Waals surface area contributed by atoms with Crippen molar-refractivity contribution in [1.82, 2.24) is 4.90 Å². The Morgan fingerprint density at radius 1 is 1.60 bits per heavy atom. The molecule has 0 aromatic heterocycles. The second-order valence-electron chi connectivity index (χ2n) is 4.46. The quantitative estimate of drug-likeness (QED) is 0.687. The minimum Gasteiger partial charge on any atom is -0.467 e. The largest absolute Gasteiger partial charge is 0.467 e. The van der Waals surface area contributed by atoms with Gasteiger partial charge in [-0.1, -0.05) is 13.8 Å². The zero-order valence-electron chi connectivity index (χ0n) is 9.99. The van der Waals surface area contributed by atoms with Crippen molar-refractivity contribution < 1.29 is 14.6 Å². The Morgan fingerprint density at radius 3 is 2.67 bits per heavy atom. The summed E-state index contributed by atoms with van der Waals surface area (Å²) in [5.41, 5.74) is -1.31. The number of carbonyl (C=O) groups excluding carboxylic acids is 1. The first-order chi connectivity index (χ1) is 6.95. The maximum Gasteiger partial charge on any atom is 0.338 e. The van der Waals surface area contributed by atoms with E-state index in [1.54, 1.807) is 0 Å². The molecule has 4 nitrogen and oxygen atoms in total. The van der Waals surface area contributed by atoms with Crippen LogP contribution < -0.4 is 0 Å². The molecule has 0 saturated carbocycles. The highest BCUT2D eigenvalue weighted by atomic mass is 16.5. The molecule has 3 unspecified atom stereocenters. The molecular formula is C11H21NO3. The summed E-state index contributed by atoms with van der Waals surface area (Å²) in [6.07, 6.45) is 0.453. The molecule has 0 amide bonds. The molecule has 1 fully saturated rings.